The van der Waals surface area contributed by atoms with E-state index in [1.807, 2.05) is 0 Å². The van der Waals surface area contributed by atoms with Gasteiger partial charge in [0.1, 0.15) is 6.61 Å². The number of ether oxygens (including phenoxy) is 2. The standard InChI is InChI=1S/C76H130O5/c1-3-5-7-9-11-13-15-17-19-21-23-25-27-29-31-33-35-37-39-40-42-44-46-48-50-52-54-56-58-60-62-64-66-68-70-75(78)80-73-74(72-77)81-76(79)71-69-67-65-63-61-59-57-55-53-51-49-47-45-43-41-38-36-34-32-30-28-26-24-22-20-18-16-14-12-10-8-6-4-2/h6,8,12,14,18,20,24,26,30,32,36,38,43,45,49,51,55,57,61,63,74,77H,3-5,7,9-11,13,15-17,19,21-23,25,27-29,31,33-35,37,39-42,44,46-48,50,52-54,56,58-60,62,64-73H2,1-2H3/b8-6-,14-12-,20-18-,26-24-,32-30-,38-36-,45-43-,51-49-,57-55-,63-61-. The van der Waals surface area contributed by atoms with Gasteiger partial charge < -0.3 is 14.6 Å². The van der Waals surface area contributed by atoms with E-state index in [9.17, 15) is 14.7 Å². The SMILES string of the molecule is CC/C=C\C/C=C\C/C=C\C/C=C\C/C=C\C/C=C\C/C=C\C/C=C\C/C=C\C/C=C\CCCCC(=O)OC(CO)COC(=O)CCCCCCCCCCCCCCCCCCCCCCCCCCCCCCCCCCCC. The molecule has 0 aromatic heterocycles. The van der Waals surface area contributed by atoms with Crippen LogP contribution in [0.1, 0.15) is 328 Å². The third-order valence-corrected chi connectivity index (χ3v) is 15.0. The Kier molecular flexibility index (Phi) is 67.3. The van der Waals surface area contributed by atoms with Crippen LogP contribution in [0.3, 0.4) is 0 Å². The summed E-state index contributed by atoms with van der Waals surface area (Å²) in [5, 5.41) is 9.69. The van der Waals surface area contributed by atoms with E-state index in [0.717, 1.165) is 103 Å². The number of carbonyl (C=O) groups is 2. The van der Waals surface area contributed by atoms with Crippen molar-refractivity contribution >= 4 is 11.9 Å². The van der Waals surface area contributed by atoms with Crippen molar-refractivity contribution in [3.8, 4) is 0 Å². The van der Waals surface area contributed by atoms with Gasteiger partial charge in [-0.2, -0.15) is 0 Å². The molecule has 5 nitrogen and oxygen atoms in total. The van der Waals surface area contributed by atoms with Crippen molar-refractivity contribution in [1.82, 2.24) is 0 Å². The van der Waals surface area contributed by atoms with Crippen LogP contribution in [0.2, 0.25) is 0 Å². The predicted octanol–water partition coefficient (Wildman–Crippen LogP) is 24.2. The number of hydrogen-bond donors (Lipinski definition) is 1. The fourth-order valence-electron chi connectivity index (χ4n) is 9.88. The topological polar surface area (TPSA) is 72.8 Å². The van der Waals surface area contributed by atoms with Gasteiger partial charge in [-0.25, -0.2) is 0 Å². The Morgan fingerprint density at radius 3 is 0.802 bits per heavy atom. The summed E-state index contributed by atoms with van der Waals surface area (Å²) in [5.41, 5.74) is 0. The van der Waals surface area contributed by atoms with Gasteiger partial charge >= 0.3 is 11.9 Å². The molecule has 5 heteroatoms. The lowest BCUT2D eigenvalue weighted by atomic mass is 10.0. The van der Waals surface area contributed by atoms with Crippen LogP contribution in [0.25, 0.3) is 0 Å². The van der Waals surface area contributed by atoms with Crippen molar-refractivity contribution in [1.29, 1.82) is 0 Å². The van der Waals surface area contributed by atoms with Gasteiger partial charge in [-0.15, -0.1) is 0 Å². The molecule has 0 bridgehead atoms. The molecule has 81 heavy (non-hydrogen) atoms. The summed E-state index contributed by atoms with van der Waals surface area (Å²) in [6, 6.07) is 0. The van der Waals surface area contributed by atoms with Crippen molar-refractivity contribution in [2.24, 2.45) is 0 Å². The first-order valence-electron chi connectivity index (χ1n) is 34.6. The maximum absolute atomic E-state index is 12.3. The molecule has 0 aromatic rings. The van der Waals surface area contributed by atoms with Crippen LogP contribution < -0.4 is 0 Å². The van der Waals surface area contributed by atoms with Gasteiger partial charge in [-0.3, -0.25) is 9.59 Å². The van der Waals surface area contributed by atoms with E-state index in [2.05, 4.69) is 135 Å². The number of esters is 2. The normalized spacial score (nSPS) is 13.0. The fourth-order valence-corrected chi connectivity index (χ4v) is 9.88. The van der Waals surface area contributed by atoms with E-state index in [-0.39, 0.29) is 25.2 Å². The second-order valence-corrected chi connectivity index (χ2v) is 22.9. The van der Waals surface area contributed by atoms with Crippen LogP contribution in [0.15, 0.2) is 122 Å². The molecule has 0 saturated heterocycles. The number of allylic oxidation sites excluding steroid dienone is 20. The van der Waals surface area contributed by atoms with Gasteiger partial charge in [0, 0.05) is 12.8 Å². The Morgan fingerprint density at radius 1 is 0.296 bits per heavy atom. The monoisotopic (exact) mass is 1120 g/mol. The first-order valence-corrected chi connectivity index (χ1v) is 34.6. The summed E-state index contributed by atoms with van der Waals surface area (Å²) in [5.74, 6) is -0.637. The molecule has 0 aliphatic rings. The molecule has 0 aliphatic heterocycles. The molecular formula is C76H130O5. The zero-order chi connectivity index (χ0) is 58.4. The second-order valence-electron chi connectivity index (χ2n) is 22.9. The van der Waals surface area contributed by atoms with Gasteiger partial charge in [0.25, 0.3) is 0 Å². The summed E-state index contributed by atoms with van der Waals surface area (Å²) < 4.78 is 10.7. The molecule has 0 amide bonds. The minimum atomic E-state index is -0.804. The van der Waals surface area contributed by atoms with Crippen molar-refractivity contribution in [3.63, 3.8) is 0 Å². The van der Waals surface area contributed by atoms with E-state index in [1.165, 1.54) is 199 Å². The van der Waals surface area contributed by atoms with Crippen molar-refractivity contribution < 1.29 is 24.2 Å². The average Bonchev–Trinajstić information content (AvgIpc) is 3.47. The molecule has 464 valence electrons. The lowest BCUT2D eigenvalue weighted by Crippen LogP contribution is -2.28. The summed E-state index contributed by atoms with van der Waals surface area (Å²) in [6.45, 7) is 4.02. The molecule has 0 aliphatic carbocycles. The molecule has 0 fully saturated rings. The van der Waals surface area contributed by atoms with E-state index in [1.54, 1.807) is 0 Å². The zero-order valence-corrected chi connectivity index (χ0v) is 53.3. The number of carbonyl (C=O) groups excluding carboxylic acids is 2. The van der Waals surface area contributed by atoms with E-state index in [4.69, 9.17) is 9.47 Å². The van der Waals surface area contributed by atoms with Crippen LogP contribution in [0, 0.1) is 0 Å². The molecule has 0 saturated carbocycles. The van der Waals surface area contributed by atoms with Crippen molar-refractivity contribution in [2.45, 2.75) is 335 Å². The molecule has 0 aromatic carbocycles. The lowest BCUT2D eigenvalue weighted by molar-refractivity contribution is -0.161. The van der Waals surface area contributed by atoms with Crippen LogP contribution in [0.5, 0.6) is 0 Å². The molecule has 1 unspecified atom stereocenters. The van der Waals surface area contributed by atoms with E-state index >= 15 is 0 Å². The molecule has 0 heterocycles. The van der Waals surface area contributed by atoms with Crippen molar-refractivity contribution in [2.75, 3.05) is 13.2 Å². The van der Waals surface area contributed by atoms with Crippen LogP contribution >= 0.6 is 0 Å². The highest BCUT2D eigenvalue weighted by molar-refractivity contribution is 5.70. The summed E-state index contributed by atoms with van der Waals surface area (Å²) in [6.07, 6.45) is 104. The van der Waals surface area contributed by atoms with E-state index < -0.39 is 6.10 Å². The Morgan fingerprint density at radius 2 is 0.531 bits per heavy atom. The van der Waals surface area contributed by atoms with Crippen LogP contribution in [-0.2, 0) is 19.1 Å². The Bertz CT molecular complexity index is 1600. The Hall–Kier alpha value is -3.70. The highest BCUT2D eigenvalue weighted by Crippen LogP contribution is 2.18. The minimum absolute atomic E-state index is 0.0877. The van der Waals surface area contributed by atoms with E-state index in [0.29, 0.717) is 12.8 Å². The first-order chi connectivity index (χ1) is 40.1. The van der Waals surface area contributed by atoms with Gasteiger partial charge in [0.2, 0.25) is 0 Å². The maximum atomic E-state index is 12.3. The number of aliphatic hydroxyl groups is 1. The number of rotatable bonds is 63. The molecule has 0 radical (unpaired) electrons. The molecular weight excluding hydrogens is 993 g/mol. The summed E-state index contributed by atoms with van der Waals surface area (Å²) >= 11 is 0. The smallest absolute Gasteiger partial charge is 0.306 e. The third-order valence-electron chi connectivity index (χ3n) is 15.0. The molecule has 1 atom stereocenters. The van der Waals surface area contributed by atoms with Crippen LogP contribution in [0.4, 0.5) is 0 Å². The predicted molar refractivity (Wildman–Crippen MR) is 357 cm³/mol. The van der Waals surface area contributed by atoms with Crippen LogP contribution in [-0.4, -0.2) is 36.4 Å². The lowest BCUT2D eigenvalue weighted by Gasteiger charge is -2.15. The average molecular weight is 1120 g/mol. The number of aliphatic hydroxyl groups excluding tert-OH is 1. The minimum Gasteiger partial charge on any atom is -0.462 e. The number of hydrogen-bond acceptors (Lipinski definition) is 5. The Labute approximate surface area is 503 Å². The molecule has 0 rings (SSSR count). The largest absolute Gasteiger partial charge is 0.462 e. The highest BCUT2D eigenvalue weighted by atomic mass is 16.6. The summed E-state index contributed by atoms with van der Waals surface area (Å²) in [7, 11) is 0. The van der Waals surface area contributed by atoms with Gasteiger partial charge in [-0.1, -0.05) is 347 Å². The second kappa shape index (κ2) is 70.6. The summed E-state index contributed by atoms with van der Waals surface area (Å²) in [4.78, 5) is 24.6. The van der Waals surface area contributed by atoms with Gasteiger partial charge in [0.05, 0.1) is 6.61 Å². The highest BCUT2D eigenvalue weighted by Gasteiger charge is 2.16. The Balaban J connectivity index is 3.54. The number of unbranched alkanes of at least 4 members (excludes halogenated alkanes) is 35. The van der Waals surface area contributed by atoms with Crippen molar-refractivity contribution in [3.05, 3.63) is 122 Å². The first kappa shape index (κ1) is 77.3. The third kappa shape index (κ3) is 68.7. The van der Waals surface area contributed by atoms with Gasteiger partial charge in [-0.05, 0) is 89.9 Å². The van der Waals surface area contributed by atoms with Gasteiger partial charge in [0.15, 0.2) is 6.10 Å². The fraction of sp³-hybridized carbons (Fsp3) is 0.711. The molecule has 0 spiro atoms. The molecule has 1 N–H and O–H groups in total. The zero-order valence-electron chi connectivity index (χ0n) is 53.3. The maximum Gasteiger partial charge on any atom is 0.306 e. The quantitative estimate of drug-likeness (QED) is 0.0373.